The third-order valence-electron chi connectivity index (χ3n) is 2.07. The zero-order chi connectivity index (χ0) is 10.1. The Labute approximate surface area is 82.7 Å². The molecule has 0 rings (SSSR count). The van der Waals surface area contributed by atoms with Crippen molar-refractivity contribution in [2.24, 2.45) is 0 Å². The van der Waals surface area contributed by atoms with Gasteiger partial charge in [0.05, 0.1) is 6.61 Å². The van der Waals surface area contributed by atoms with Gasteiger partial charge in [-0.1, -0.05) is 6.92 Å². The highest BCUT2D eigenvalue weighted by atomic mass is 16.5. The van der Waals surface area contributed by atoms with Crippen LogP contribution in [-0.2, 0) is 4.74 Å². The first-order valence-electron chi connectivity index (χ1n) is 5.15. The molecule has 0 aromatic carbocycles. The van der Waals surface area contributed by atoms with Crippen molar-refractivity contribution in [3.63, 3.8) is 0 Å². The van der Waals surface area contributed by atoms with E-state index >= 15 is 0 Å². The van der Waals surface area contributed by atoms with Crippen molar-refractivity contribution in [2.75, 3.05) is 53.5 Å². The van der Waals surface area contributed by atoms with E-state index in [-0.39, 0.29) is 0 Å². The fraction of sp³-hybridized carbons (Fsp3) is 1.00. The second kappa shape index (κ2) is 8.48. The van der Waals surface area contributed by atoms with Crippen LogP contribution in [0.3, 0.4) is 0 Å². The van der Waals surface area contributed by atoms with Gasteiger partial charge in [0.1, 0.15) is 0 Å². The summed E-state index contributed by atoms with van der Waals surface area (Å²) in [5.41, 5.74) is 0. The summed E-state index contributed by atoms with van der Waals surface area (Å²) < 4.78 is 5.32. The van der Waals surface area contributed by atoms with E-state index in [2.05, 4.69) is 30.8 Å². The predicted octanol–water partition coefficient (Wildman–Crippen LogP) is 0.906. The van der Waals surface area contributed by atoms with Crippen LogP contribution in [0.5, 0.6) is 0 Å². The molecule has 0 amide bonds. The molecule has 0 aliphatic heterocycles. The minimum absolute atomic E-state index is 0.825. The summed E-state index contributed by atoms with van der Waals surface area (Å²) in [6.45, 7) is 10.3. The SMILES string of the molecule is CCOCCN(CC)CCN(C)C. The van der Waals surface area contributed by atoms with Crippen LogP contribution in [0, 0.1) is 0 Å². The van der Waals surface area contributed by atoms with Crippen molar-refractivity contribution >= 4 is 0 Å². The summed E-state index contributed by atoms with van der Waals surface area (Å²) in [6, 6.07) is 0. The summed E-state index contributed by atoms with van der Waals surface area (Å²) in [6.07, 6.45) is 0. The topological polar surface area (TPSA) is 15.7 Å². The maximum absolute atomic E-state index is 5.32. The smallest absolute Gasteiger partial charge is 0.0593 e. The largest absolute Gasteiger partial charge is 0.380 e. The average molecular weight is 188 g/mol. The number of ether oxygens (including phenoxy) is 1. The first-order chi connectivity index (χ1) is 6.20. The molecule has 0 saturated carbocycles. The van der Waals surface area contributed by atoms with E-state index < -0.39 is 0 Å². The molecule has 0 fully saturated rings. The number of likely N-dealkylation sites (N-methyl/N-ethyl adjacent to an activating group) is 2. The fourth-order valence-corrected chi connectivity index (χ4v) is 1.11. The van der Waals surface area contributed by atoms with E-state index in [0.29, 0.717) is 0 Å². The molecule has 13 heavy (non-hydrogen) atoms. The lowest BCUT2D eigenvalue weighted by Gasteiger charge is -2.22. The maximum Gasteiger partial charge on any atom is 0.0593 e. The molecule has 0 aromatic rings. The lowest BCUT2D eigenvalue weighted by atomic mass is 10.4. The van der Waals surface area contributed by atoms with Crippen molar-refractivity contribution < 1.29 is 4.74 Å². The molecule has 0 N–H and O–H groups in total. The van der Waals surface area contributed by atoms with E-state index in [1.807, 2.05) is 6.92 Å². The van der Waals surface area contributed by atoms with Crippen LogP contribution in [-0.4, -0.2) is 63.3 Å². The maximum atomic E-state index is 5.32. The molecule has 0 atom stereocenters. The van der Waals surface area contributed by atoms with Gasteiger partial charge in [0.15, 0.2) is 0 Å². The molecule has 0 aromatic heterocycles. The van der Waals surface area contributed by atoms with Crippen molar-refractivity contribution in [2.45, 2.75) is 13.8 Å². The lowest BCUT2D eigenvalue weighted by Crippen LogP contribution is -2.34. The van der Waals surface area contributed by atoms with Gasteiger partial charge in [-0.2, -0.15) is 0 Å². The van der Waals surface area contributed by atoms with Crippen LogP contribution in [0.1, 0.15) is 13.8 Å². The Bertz CT molecular complexity index is 107. The third kappa shape index (κ3) is 8.22. The van der Waals surface area contributed by atoms with Crippen molar-refractivity contribution in [1.29, 1.82) is 0 Å². The zero-order valence-electron chi connectivity index (χ0n) is 9.55. The predicted molar refractivity (Wildman–Crippen MR) is 57.2 cm³/mol. The van der Waals surface area contributed by atoms with Crippen LogP contribution in [0.4, 0.5) is 0 Å². The van der Waals surface area contributed by atoms with Crippen LogP contribution in [0.2, 0.25) is 0 Å². The molecule has 0 heterocycles. The molecule has 0 aliphatic rings. The Balaban J connectivity index is 3.39. The van der Waals surface area contributed by atoms with Gasteiger partial charge in [-0.25, -0.2) is 0 Å². The number of hydrogen-bond acceptors (Lipinski definition) is 3. The van der Waals surface area contributed by atoms with Gasteiger partial charge in [0.2, 0.25) is 0 Å². The van der Waals surface area contributed by atoms with Crippen LogP contribution >= 0.6 is 0 Å². The van der Waals surface area contributed by atoms with Crippen molar-refractivity contribution in [1.82, 2.24) is 9.80 Å². The molecule has 0 saturated heterocycles. The van der Waals surface area contributed by atoms with Gasteiger partial charge in [0.25, 0.3) is 0 Å². The summed E-state index contributed by atoms with van der Waals surface area (Å²) in [4.78, 5) is 4.62. The van der Waals surface area contributed by atoms with Crippen molar-refractivity contribution in [3.05, 3.63) is 0 Å². The zero-order valence-corrected chi connectivity index (χ0v) is 9.55. The molecular weight excluding hydrogens is 164 g/mol. The van der Waals surface area contributed by atoms with Crippen LogP contribution < -0.4 is 0 Å². The standard InChI is InChI=1S/C10H24N2O/c1-5-12(8-7-11(3)4)9-10-13-6-2/h5-10H2,1-4H3. The number of rotatable bonds is 8. The molecule has 0 unspecified atom stereocenters. The molecule has 0 spiro atoms. The van der Waals surface area contributed by atoms with Gasteiger partial charge in [0, 0.05) is 26.2 Å². The minimum Gasteiger partial charge on any atom is -0.380 e. The average Bonchev–Trinajstić information content (AvgIpc) is 2.10. The Kier molecular flexibility index (Phi) is 8.40. The Hall–Kier alpha value is -0.120. The van der Waals surface area contributed by atoms with Gasteiger partial charge < -0.3 is 14.5 Å². The molecule has 0 bridgehead atoms. The number of nitrogens with zero attached hydrogens (tertiary/aromatic N) is 2. The first kappa shape index (κ1) is 12.9. The highest BCUT2D eigenvalue weighted by Crippen LogP contribution is 1.89. The fourth-order valence-electron chi connectivity index (χ4n) is 1.11. The molecule has 3 heteroatoms. The van der Waals surface area contributed by atoms with Crippen LogP contribution in [0.25, 0.3) is 0 Å². The van der Waals surface area contributed by atoms with E-state index in [0.717, 1.165) is 39.4 Å². The molecule has 80 valence electrons. The van der Waals surface area contributed by atoms with E-state index in [9.17, 15) is 0 Å². The minimum atomic E-state index is 0.825. The van der Waals surface area contributed by atoms with E-state index in [4.69, 9.17) is 4.74 Å². The Morgan fingerprint density at radius 1 is 1.00 bits per heavy atom. The Morgan fingerprint density at radius 2 is 1.69 bits per heavy atom. The molecule has 0 radical (unpaired) electrons. The second-order valence-electron chi connectivity index (χ2n) is 3.43. The summed E-state index contributed by atoms with van der Waals surface area (Å²) >= 11 is 0. The summed E-state index contributed by atoms with van der Waals surface area (Å²) in [5, 5.41) is 0. The van der Waals surface area contributed by atoms with E-state index in [1.165, 1.54) is 0 Å². The third-order valence-corrected chi connectivity index (χ3v) is 2.07. The van der Waals surface area contributed by atoms with Gasteiger partial charge in [-0.15, -0.1) is 0 Å². The summed E-state index contributed by atoms with van der Waals surface area (Å²) in [7, 11) is 4.22. The normalized spacial score (nSPS) is 11.5. The quantitative estimate of drug-likeness (QED) is 0.527. The molecular formula is C10H24N2O. The van der Waals surface area contributed by atoms with Gasteiger partial charge in [-0.3, -0.25) is 0 Å². The van der Waals surface area contributed by atoms with Gasteiger partial charge >= 0.3 is 0 Å². The summed E-state index contributed by atoms with van der Waals surface area (Å²) in [5.74, 6) is 0. The highest BCUT2D eigenvalue weighted by Gasteiger charge is 2.01. The monoisotopic (exact) mass is 188 g/mol. The highest BCUT2D eigenvalue weighted by molar-refractivity contribution is 4.56. The molecule has 3 nitrogen and oxygen atoms in total. The number of hydrogen-bond donors (Lipinski definition) is 0. The lowest BCUT2D eigenvalue weighted by molar-refractivity contribution is 0.112. The Morgan fingerprint density at radius 3 is 2.15 bits per heavy atom. The van der Waals surface area contributed by atoms with Gasteiger partial charge in [-0.05, 0) is 27.6 Å². The first-order valence-corrected chi connectivity index (χ1v) is 5.15. The second-order valence-corrected chi connectivity index (χ2v) is 3.43. The van der Waals surface area contributed by atoms with Crippen molar-refractivity contribution in [3.8, 4) is 0 Å². The van der Waals surface area contributed by atoms with Crippen LogP contribution in [0.15, 0.2) is 0 Å². The van der Waals surface area contributed by atoms with E-state index in [1.54, 1.807) is 0 Å². The molecule has 0 aliphatic carbocycles.